The van der Waals surface area contributed by atoms with Gasteiger partial charge in [0.25, 0.3) is 5.91 Å². The first-order valence-electron chi connectivity index (χ1n) is 7.04. The number of nitrogens with one attached hydrogen (secondary N) is 1. The minimum Gasteiger partial charge on any atom is -0.466 e. The number of ether oxygens (including phenoxy) is 1. The van der Waals surface area contributed by atoms with E-state index in [4.69, 9.17) is 5.11 Å². The van der Waals surface area contributed by atoms with Gasteiger partial charge in [0.1, 0.15) is 11.5 Å². The van der Waals surface area contributed by atoms with Crippen LogP contribution in [-0.2, 0) is 20.5 Å². The Morgan fingerprint density at radius 1 is 1.40 bits per heavy atom. The Hall–Kier alpha value is -2.62. The number of β-amino-alcohol motifs (C(OH)–C–C–N with tert-alkyl or cyclic N) is 1. The molecule has 1 aromatic rings. The molecule has 0 saturated carbocycles. The monoisotopic (exact) mass is 362 g/mol. The van der Waals surface area contributed by atoms with Gasteiger partial charge < -0.3 is 20.1 Å². The predicted molar refractivity (Wildman–Crippen MR) is 77.7 cm³/mol. The number of hydrogen-bond donors (Lipinski definition) is 2. The number of alkyl halides is 3. The van der Waals surface area contributed by atoms with Gasteiger partial charge in [-0.1, -0.05) is 0 Å². The first-order valence-corrected chi connectivity index (χ1v) is 7.04. The normalized spacial score (nSPS) is 15.0. The second-order valence-electron chi connectivity index (χ2n) is 5.11. The molecule has 6 nitrogen and oxygen atoms in total. The lowest BCUT2D eigenvalue weighted by Gasteiger charge is -2.15. The molecule has 0 bridgehead atoms. The molecule has 2 rings (SSSR count). The molecule has 0 atom stereocenters. The zero-order valence-corrected chi connectivity index (χ0v) is 13.0. The van der Waals surface area contributed by atoms with Crippen LogP contribution in [0.15, 0.2) is 29.5 Å². The molecular formula is C15H14F4N2O4. The van der Waals surface area contributed by atoms with Gasteiger partial charge in [-0.2, -0.15) is 13.2 Å². The predicted octanol–water partition coefficient (Wildman–Crippen LogP) is 1.52. The Bertz CT molecular complexity index is 731. The van der Waals surface area contributed by atoms with E-state index in [1.165, 1.54) is 0 Å². The van der Waals surface area contributed by atoms with Crippen molar-refractivity contribution in [3.8, 4) is 0 Å². The summed E-state index contributed by atoms with van der Waals surface area (Å²) in [6.07, 6.45) is -4.91. The smallest absolute Gasteiger partial charge is 0.419 e. The molecule has 2 N–H and O–H groups in total. The SMILES string of the molecule is COC(=O)C1=C(Nc2ccc(F)c(C(F)(F)F)c2)C(=O)N(CCO)C1. The van der Waals surface area contributed by atoms with E-state index in [0.29, 0.717) is 12.1 Å². The fourth-order valence-corrected chi connectivity index (χ4v) is 2.31. The lowest BCUT2D eigenvalue weighted by atomic mass is 10.1. The molecule has 1 aliphatic heterocycles. The molecule has 0 saturated heterocycles. The number of benzene rings is 1. The summed E-state index contributed by atoms with van der Waals surface area (Å²) in [5.41, 5.74) is -2.10. The van der Waals surface area contributed by atoms with Crippen LogP contribution in [0.25, 0.3) is 0 Å². The summed E-state index contributed by atoms with van der Waals surface area (Å²) in [5, 5.41) is 11.4. The van der Waals surface area contributed by atoms with E-state index in [1.807, 2.05) is 0 Å². The van der Waals surface area contributed by atoms with Crippen LogP contribution in [0.5, 0.6) is 0 Å². The lowest BCUT2D eigenvalue weighted by molar-refractivity contribution is -0.140. The Morgan fingerprint density at radius 2 is 2.08 bits per heavy atom. The molecule has 0 aromatic heterocycles. The van der Waals surface area contributed by atoms with Crippen molar-refractivity contribution >= 4 is 17.6 Å². The Morgan fingerprint density at radius 3 is 2.64 bits per heavy atom. The second-order valence-corrected chi connectivity index (χ2v) is 5.11. The number of carbonyl (C=O) groups excluding carboxylic acids is 2. The zero-order chi connectivity index (χ0) is 18.8. The van der Waals surface area contributed by atoms with Crippen molar-refractivity contribution in [2.45, 2.75) is 6.18 Å². The van der Waals surface area contributed by atoms with Crippen LogP contribution in [0, 0.1) is 5.82 Å². The van der Waals surface area contributed by atoms with E-state index in [0.717, 1.165) is 18.1 Å². The molecule has 0 fully saturated rings. The van der Waals surface area contributed by atoms with Crippen LogP contribution in [0.4, 0.5) is 23.2 Å². The van der Waals surface area contributed by atoms with E-state index < -0.39 is 29.4 Å². The summed E-state index contributed by atoms with van der Waals surface area (Å²) in [6.45, 7) is -0.592. The van der Waals surface area contributed by atoms with Crippen molar-refractivity contribution in [1.29, 1.82) is 0 Å². The van der Waals surface area contributed by atoms with Crippen molar-refractivity contribution in [2.24, 2.45) is 0 Å². The molecule has 1 amide bonds. The number of nitrogens with zero attached hydrogens (tertiary/aromatic N) is 1. The standard InChI is InChI=1S/C15H14F4N2O4/c1-25-14(24)9-7-21(4-5-22)13(23)12(9)20-8-2-3-11(16)10(6-8)15(17,18)19/h2-3,6,20,22H,4-5,7H2,1H3. The maximum atomic E-state index is 13.3. The van der Waals surface area contributed by atoms with E-state index in [2.05, 4.69) is 10.1 Å². The molecule has 0 radical (unpaired) electrons. The topological polar surface area (TPSA) is 78.9 Å². The molecule has 1 heterocycles. The van der Waals surface area contributed by atoms with Gasteiger partial charge in [0.2, 0.25) is 0 Å². The molecule has 10 heteroatoms. The number of rotatable bonds is 5. The summed E-state index contributed by atoms with van der Waals surface area (Å²) >= 11 is 0. The molecule has 136 valence electrons. The highest BCUT2D eigenvalue weighted by molar-refractivity contribution is 6.08. The number of aliphatic hydroxyl groups excluding tert-OH is 1. The van der Waals surface area contributed by atoms with E-state index in [1.54, 1.807) is 0 Å². The van der Waals surface area contributed by atoms with Crippen molar-refractivity contribution in [2.75, 3.05) is 32.1 Å². The Kier molecular flexibility index (Phi) is 5.31. The molecule has 1 aromatic carbocycles. The van der Waals surface area contributed by atoms with Crippen molar-refractivity contribution in [1.82, 2.24) is 4.90 Å². The van der Waals surface area contributed by atoms with Crippen LogP contribution in [0.3, 0.4) is 0 Å². The van der Waals surface area contributed by atoms with E-state index >= 15 is 0 Å². The number of esters is 1. The third-order valence-corrected chi connectivity index (χ3v) is 3.49. The van der Waals surface area contributed by atoms with Gasteiger partial charge in [0.05, 0.1) is 31.4 Å². The molecule has 0 unspecified atom stereocenters. The maximum Gasteiger partial charge on any atom is 0.419 e. The summed E-state index contributed by atoms with van der Waals surface area (Å²) in [5.74, 6) is -2.98. The number of methoxy groups -OCH3 is 1. The fourth-order valence-electron chi connectivity index (χ4n) is 2.31. The minimum absolute atomic E-state index is 0.0677. The molecular weight excluding hydrogens is 348 g/mol. The summed E-state index contributed by atoms with van der Waals surface area (Å²) < 4.78 is 56.2. The summed E-state index contributed by atoms with van der Waals surface area (Å²) in [7, 11) is 1.09. The quantitative estimate of drug-likeness (QED) is 0.613. The van der Waals surface area contributed by atoms with Gasteiger partial charge in [-0.15, -0.1) is 0 Å². The van der Waals surface area contributed by atoms with Gasteiger partial charge in [-0.3, -0.25) is 4.79 Å². The van der Waals surface area contributed by atoms with Gasteiger partial charge in [0.15, 0.2) is 0 Å². The second kappa shape index (κ2) is 7.09. The summed E-state index contributed by atoms with van der Waals surface area (Å²) in [4.78, 5) is 25.2. The van der Waals surface area contributed by atoms with Gasteiger partial charge in [0, 0.05) is 12.2 Å². The highest BCUT2D eigenvalue weighted by Gasteiger charge is 2.36. The highest BCUT2D eigenvalue weighted by Crippen LogP contribution is 2.33. The van der Waals surface area contributed by atoms with Crippen LogP contribution >= 0.6 is 0 Å². The number of anilines is 1. The maximum absolute atomic E-state index is 13.3. The fraction of sp³-hybridized carbons (Fsp3) is 0.333. The zero-order valence-electron chi connectivity index (χ0n) is 13.0. The molecule has 1 aliphatic rings. The van der Waals surface area contributed by atoms with Crippen LogP contribution in [0.2, 0.25) is 0 Å². The first kappa shape index (κ1) is 18.7. The average molecular weight is 362 g/mol. The van der Waals surface area contributed by atoms with Crippen LogP contribution in [-0.4, -0.2) is 48.7 Å². The number of hydrogen-bond acceptors (Lipinski definition) is 5. The average Bonchev–Trinajstić information content (AvgIpc) is 2.84. The Balaban J connectivity index is 2.39. The number of aliphatic hydroxyl groups is 1. The van der Waals surface area contributed by atoms with Crippen LogP contribution in [0.1, 0.15) is 5.56 Å². The first-order chi connectivity index (χ1) is 11.7. The largest absolute Gasteiger partial charge is 0.466 e. The van der Waals surface area contributed by atoms with Gasteiger partial charge >= 0.3 is 12.1 Å². The third-order valence-electron chi connectivity index (χ3n) is 3.49. The van der Waals surface area contributed by atoms with Crippen molar-refractivity contribution in [3.05, 3.63) is 40.8 Å². The molecule has 0 spiro atoms. The van der Waals surface area contributed by atoms with Crippen LogP contribution < -0.4 is 5.32 Å². The van der Waals surface area contributed by atoms with E-state index in [9.17, 15) is 27.2 Å². The molecule has 0 aliphatic carbocycles. The van der Waals surface area contributed by atoms with Gasteiger partial charge in [-0.05, 0) is 18.2 Å². The van der Waals surface area contributed by atoms with E-state index in [-0.39, 0.29) is 36.7 Å². The summed E-state index contributed by atoms with van der Waals surface area (Å²) in [6, 6.07) is 2.11. The third kappa shape index (κ3) is 3.90. The minimum atomic E-state index is -4.91. The number of halogens is 4. The van der Waals surface area contributed by atoms with Crippen molar-refractivity contribution in [3.63, 3.8) is 0 Å². The molecule has 25 heavy (non-hydrogen) atoms. The number of carbonyl (C=O) groups is 2. The number of amides is 1. The van der Waals surface area contributed by atoms with Crippen molar-refractivity contribution < 1.29 is 37.0 Å². The van der Waals surface area contributed by atoms with Gasteiger partial charge in [-0.25, -0.2) is 9.18 Å². The lowest BCUT2D eigenvalue weighted by Crippen LogP contribution is -2.31. The highest BCUT2D eigenvalue weighted by atomic mass is 19.4. The Labute approximate surface area is 139 Å².